The first-order chi connectivity index (χ1) is 13.0. The molecule has 0 atom stereocenters. The number of hydrogen-bond donors (Lipinski definition) is 0. The van der Waals surface area contributed by atoms with Crippen molar-refractivity contribution in [2.24, 2.45) is 0 Å². The molecule has 0 radical (unpaired) electrons. The predicted molar refractivity (Wildman–Crippen MR) is 119 cm³/mol. The van der Waals surface area contributed by atoms with Gasteiger partial charge in [-0.15, -0.1) is 23.7 Å². The van der Waals surface area contributed by atoms with Gasteiger partial charge in [0.05, 0.1) is 20.6 Å². The molecule has 6 nitrogen and oxygen atoms in total. The summed E-state index contributed by atoms with van der Waals surface area (Å²) in [5, 5.41) is 2.65. The van der Waals surface area contributed by atoms with Crippen molar-refractivity contribution in [3.8, 4) is 11.5 Å². The van der Waals surface area contributed by atoms with E-state index in [-0.39, 0.29) is 18.3 Å². The topological polar surface area (TPSA) is 54.9 Å². The second-order valence-corrected chi connectivity index (χ2v) is 8.26. The monoisotopic (exact) mass is 441 g/mol. The number of halogens is 1. The Morgan fingerprint density at radius 3 is 2.43 bits per heavy atom. The van der Waals surface area contributed by atoms with E-state index in [1.807, 2.05) is 43.7 Å². The van der Waals surface area contributed by atoms with E-state index in [1.54, 1.807) is 30.5 Å². The van der Waals surface area contributed by atoms with Crippen LogP contribution in [0.3, 0.4) is 0 Å². The predicted octanol–water partition coefficient (Wildman–Crippen LogP) is 3.93. The number of benzene rings is 1. The lowest BCUT2D eigenvalue weighted by molar-refractivity contribution is -0.118. The van der Waals surface area contributed by atoms with Crippen LogP contribution in [-0.4, -0.2) is 57.2 Å². The molecule has 0 unspecified atom stereocenters. The van der Waals surface area contributed by atoms with E-state index in [4.69, 9.17) is 14.5 Å². The minimum absolute atomic E-state index is 0. The molecule has 3 rings (SSSR count). The van der Waals surface area contributed by atoms with Gasteiger partial charge in [0.1, 0.15) is 21.7 Å². The van der Waals surface area contributed by atoms with Gasteiger partial charge in [-0.2, -0.15) is 0 Å². The standard InChI is InChI=1S/C19H23N3O3S2.ClH/c1-21(2)9-10-22(16(23)12-13-6-5-11-26-13)19-20-17-14(24-3)7-8-15(25-4)18(17)27-19;/h5-8,11H,9-10,12H2,1-4H3;1H. The highest BCUT2D eigenvalue weighted by atomic mass is 35.5. The number of rotatable bonds is 8. The summed E-state index contributed by atoms with van der Waals surface area (Å²) in [6.45, 7) is 1.32. The molecule has 1 amide bonds. The largest absolute Gasteiger partial charge is 0.495 e. The van der Waals surface area contributed by atoms with E-state index >= 15 is 0 Å². The number of hydrogen-bond acceptors (Lipinski definition) is 7. The molecule has 2 heterocycles. The number of nitrogens with zero attached hydrogens (tertiary/aromatic N) is 3. The molecule has 3 aromatic rings. The van der Waals surface area contributed by atoms with E-state index in [0.29, 0.717) is 23.8 Å². The Bertz CT molecular complexity index is 872. The molecule has 0 fully saturated rings. The van der Waals surface area contributed by atoms with Gasteiger partial charge in [0, 0.05) is 18.0 Å². The number of methoxy groups -OCH3 is 2. The Labute approximate surface area is 179 Å². The lowest BCUT2D eigenvalue weighted by atomic mass is 10.3. The maximum Gasteiger partial charge on any atom is 0.234 e. The number of thiazole rings is 1. The van der Waals surface area contributed by atoms with Crippen molar-refractivity contribution < 1.29 is 14.3 Å². The number of anilines is 1. The smallest absolute Gasteiger partial charge is 0.234 e. The lowest BCUT2D eigenvalue weighted by Gasteiger charge is -2.21. The number of aromatic nitrogens is 1. The zero-order chi connectivity index (χ0) is 19.4. The van der Waals surface area contributed by atoms with Crippen LogP contribution in [0.2, 0.25) is 0 Å². The Hall–Kier alpha value is -1.87. The molecule has 0 aliphatic rings. The van der Waals surface area contributed by atoms with Gasteiger partial charge in [-0.3, -0.25) is 9.69 Å². The van der Waals surface area contributed by atoms with E-state index < -0.39 is 0 Å². The third-order valence-corrected chi connectivity index (χ3v) is 6.08. The summed E-state index contributed by atoms with van der Waals surface area (Å²) in [7, 11) is 7.23. The molecule has 0 saturated heterocycles. The molecule has 0 spiro atoms. The summed E-state index contributed by atoms with van der Waals surface area (Å²) in [5.41, 5.74) is 0.718. The number of likely N-dealkylation sites (N-methyl/N-ethyl adjacent to an activating group) is 1. The molecule has 0 aliphatic carbocycles. The van der Waals surface area contributed by atoms with Crippen molar-refractivity contribution in [2.75, 3.05) is 46.3 Å². The summed E-state index contributed by atoms with van der Waals surface area (Å²) in [5.74, 6) is 1.44. The highest BCUT2D eigenvalue weighted by Gasteiger charge is 2.23. The number of carbonyl (C=O) groups is 1. The number of fused-ring (bicyclic) bond motifs is 1. The van der Waals surface area contributed by atoms with Gasteiger partial charge in [0.15, 0.2) is 5.13 Å². The Morgan fingerprint density at radius 2 is 1.82 bits per heavy atom. The fourth-order valence-corrected chi connectivity index (χ4v) is 4.49. The Kier molecular flexibility index (Phi) is 8.06. The first-order valence-electron chi connectivity index (χ1n) is 8.52. The molecule has 152 valence electrons. The normalized spacial score (nSPS) is 10.8. The van der Waals surface area contributed by atoms with Gasteiger partial charge < -0.3 is 14.4 Å². The van der Waals surface area contributed by atoms with Crippen LogP contribution >= 0.6 is 35.1 Å². The number of thiophene rings is 1. The first-order valence-corrected chi connectivity index (χ1v) is 10.2. The zero-order valence-electron chi connectivity index (χ0n) is 16.3. The third kappa shape index (κ3) is 4.94. The highest BCUT2D eigenvalue weighted by molar-refractivity contribution is 7.22. The van der Waals surface area contributed by atoms with E-state index in [9.17, 15) is 4.79 Å². The van der Waals surface area contributed by atoms with Crippen LogP contribution in [0.25, 0.3) is 10.2 Å². The molecule has 1 aromatic carbocycles. The summed E-state index contributed by atoms with van der Waals surface area (Å²) in [6, 6.07) is 7.64. The SMILES string of the molecule is COc1ccc(OC)c2sc(N(CCN(C)C)C(=O)Cc3cccs3)nc12.Cl. The van der Waals surface area contributed by atoms with Crippen molar-refractivity contribution >= 4 is 56.3 Å². The molecule has 0 aliphatic heterocycles. The van der Waals surface area contributed by atoms with Crippen LogP contribution in [0.5, 0.6) is 11.5 Å². The highest BCUT2D eigenvalue weighted by Crippen LogP contribution is 2.40. The number of ether oxygens (including phenoxy) is 2. The molecule has 0 saturated carbocycles. The van der Waals surface area contributed by atoms with Crippen molar-refractivity contribution in [2.45, 2.75) is 6.42 Å². The van der Waals surface area contributed by atoms with Gasteiger partial charge in [-0.25, -0.2) is 4.98 Å². The van der Waals surface area contributed by atoms with Crippen LogP contribution in [0.4, 0.5) is 5.13 Å². The van der Waals surface area contributed by atoms with E-state index in [2.05, 4.69) is 4.90 Å². The van der Waals surface area contributed by atoms with Crippen LogP contribution in [0.1, 0.15) is 4.88 Å². The molecule has 28 heavy (non-hydrogen) atoms. The molecule has 0 bridgehead atoms. The van der Waals surface area contributed by atoms with E-state index in [0.717, 1.165) is 27.4 Å². The van der Waals surface area contributed by atoms with E-state index in [1.165, 1.54) is 11.3 Å². The second-order valence-electron chi connectivity index (χ2n) is 6.25. The molecular formula is C19H24ClN3O3S2. The van der Waals surface area contributed by atoms with Crippen LogP contribution in [-0.2, 0) is 11.2 Å². The molecule has 2 aromatic heterocycles. The minimum Gasteiger partial charge on any atom is -0.495 e. The maximum absolute atomic E-state index is 13.0. The Balaban J connectivity index is 0.00000280. The van der Waals surface area contributed by atoms with Gasteiger partial charge in [-0.05, 0) is 37.7 Å². The van der Waals surface area contributed by atoms with Gasteiger partial charge in [0.2, 0.25) is 5.91 Å². The van der Waals surface area contributed by atoms with Crippen molar-refractivity contribution in [1.29, 1.82) is 0 Å². The average Bonchev–Trinajstić information content (AvgIpc) is 3.30. The zero-order valence-corrected chi connectivity index (χ0v) is 18.7. The summed E-state index contributed by atoms with van der Waals surface area (Å²) < 4.78 is 11.8. The van der Waals surface area contributed by atoms with Crippen molar-refractivity contribution in [1.82, 2.24) is 9.88 Å². The van der Waals surface area contributed by atoms with Gasteiger partial charge >= 0.3 is 0 Å². The van der Waals surface area contributed by atoms with Crippen molar-refractivity contribution in [3.63, 3.8) is 0 Å². The summed E-state index contributed by atoms with van der Waals surface area (Å²) in [4.78, 5) is 22.6. The summed E-state index contributed by atoms with van der Waals surface area (Å²) >= 11 is 3.04. The fourth-order valence-electron chi connectivity index (χ4n) is 2.67. The van der Waals surface area contributed by atoms with Gasteiger partial charge in [-0.1, -0.05) is 17.4 Å². The maximum atomic E-state index is 13.0. The average molecular weight is 442 g/mol. The lowest BCUT2D eigenvalue weighted by Crippen LogP contribution is -2.37. The van der Waals surface area contributed by atoms with Crippen LogP contribution < -0.4 is 14.4 Å². The molecule has 9 heteroatoms. The molecular weight excluding hydrogens is 418 g/mol. The first kappa shape index (κ1) is 22.4. The van der Waals surface area contributed by atoms with Crippen LogP contribution in [0.15, 0.2) is 29.6 Å². The molecule has 0 N–H and O–H groups in total. The Morgan fingerprint density at radius 1 is 1.11 bits per heavy atom. The van der Waals surface area contributed by atoms with Crippen molar-refractivity contribution in [3.05, 3.63) is 34.5 Å². The number of amides is 1. The minimum atomic E-state index is 0. The van der Waals surface area contributed by atoms with Gasteiger partial charge in [0.25, 0.3) is 0 Å². The number of carbonyl (C=O) groups excluding carboxylic acids is 1. The summed E-state index contributed by atoms with van der Waals surface area (Å²) in [6.07, 6.45) is 0.370. The van der Waals surface area contributed by atoms with Crippen LogP contribution in [0, 0.1) is 0 Å². The third-order valence-electron chi connectivity index (χ3n) is 4.11. The fraction of sp³-hybridized carbons (Fsp3) is 0.368. The quantitative estimate of drug-likeness (QED) is 0.530. The second kappa shape index (κ2) is 10.1.